The lowest BCUT2D eigenvalue weighted by molar-refractivity contribution is 0.565. The van der Waals surface area contributed by atoms with Crippen LogP contribution in [0.2, 0.25) is 5.02 Å². The zero-order valence-electron chi connectivity index (χ0n) is 22.4. The number of hydrogen-bond donors (Lipinski definition) is 2. The van der Waals surface area contributed by atoms with Crippen LogP contribution in [0.4, 0.5) is 11.4 Å². The molecule has 7 nitrogen and oxygen atoms in total. The fourth-order valence-corrected chi connectivity index (χ4v) is 6.48. The predicted octanol–water partition coefficient (Wildman–Crippen LogP) is 6.31. The number of nitrogens with zero attached hydrogens (tertiary/aromatic N) is 3. The maximum absolute atomic E-state index is 11.8. The summed E-state index contributed by atoms with van der Waals surface area (Å²) in [7, 11) is -3.40. The molecule has 1 saturated heterocycles. The number of hydrogen-bond acceptors (Lipinski definition) is 4. The van der Waals surface area contributed by atoms with Crippen LogP contribution in [0, 0.1) is 27.7 Å². The largest absolute Gasteiger partial charge is 0.351 e. The maximum Gasteiger partial charge on any atom is 0.229 e. The van der Waals surface area contributed by atoms with E-state index in [4.69, 9.17) is 23.8 Å². The average molecular weight is 580 g/mol. The molecule has 39 heavy (non-hydrogen) atoms. The van der Waals surface area contributed by atoms with Gasteiger partial charge in [0.05, 0.1) is 29.7 Å². The number of rotatable bonds is 6. The normalized spacial score (nSPS) is 17.4. The van der Waals surface area contributed by atoms with Gasteiger partial charge in [-0.1, -0.05) is 23.7 Å². The molecule has 10 heteroatoms. The predicted molar refractivity (Wildman–Crippen MR) is 163 cm³/mol. The Hall–Kier alpha value is -3.40. The molecule has 2 atom stereocenters. The van der Waals surface area contributed by atoms with Crippen molar-refractivity contribution in [2.24, 2.45) is 0 Å². The van der Waals surface area contributed by atoms with Crippen molar-refractivity contribution in [2.75, 3.05) is 15.9 Å². The molecular formula is C29H30ClN5O2S2. The van der Waals surface area contributed by atoms with Crippen molar-refractivity contribution in [1.82, 2.24) is 14.9 Å². The monoisotopic (exact) mass is 579 g/mol. The van der Waals surface area contributed by atoms with Gasteiger partial charge in [-0.2, -0.15) is 0 Å². The number of aromatic nitrogens is 2. The third kappa shape index (κ3) is 5.26. The molecule has 0 aliphatic carbocycles. The van der Waals surface area contributed by atoms with E-state index in [0.717, 1.165) is 51.4 Å². The summed E-state index contributed by atoms with van der Waals surface area (Å²) in [6, 6.07) is 19.2. The molecule has 3 heterocycles. The highest BCUT2D eigenvalue weighted by atomic mass is 35.5. The lowest BCUT2D eigenvalue weighted by Gasteiger charge is -2.29. The maximum atomic E-state index is 11.8. The Morgan fingerprint density at radius 1 is 1.00 bits per heavy atom. The van der Waals surface area contributed by atoms with Crippen LogP contribution in [0.3, 0.4) is 0 Å². The number of thiocarbonyl (C=S) groups is 1. The van der Waals surface area contributed by atoms with E-state index in [1.807, 2.05) is 55.5 Å². The van der Waals surface area contributed by atoms with E-state index in [0.29, 0.717) is 15.8 Å². The number of anilines is 2. The van der Waals surface area contributed by atoms with E-state index in [-0.39, 0.29) is 12.1 Å². The van der Waals surface area contributed by atoms with Crippen LogP contribution in [-0.4, -0.2) is 29.3 Å². The summed E-state index contributed by atoms with van der Waals surface area (Å²) in [6.45, 7) is 8.16. The number of halogens is 1. The quantitative estimate of drug-likeness (QED) is 0.261. The Kier molecular flexibility index (Phi) is 7.17. The van der Waals surface area contributed by atoms with Crippen molar-refractivity contribution in [3.8, 4) is 5.69 Å². The molecule has 1 fully saturated rings. The topological polar surface area (TPSA) is 79.3 Å². The number of nitrogens with one attached hydrogen (secondary N) is 2. The summed E-state index contributed by atoms with van der Waals surface area (Å²) in [5.74, 6) is 0. The Balaban J connectivity index is 1.67. The molecule has 2 aromatic heterocycles. The second kappa shape index (κ2) is 10.3. The number of aryl methyl sites for hydroxylation is 3. The van der Waals surface area contributed by atoms with E-state index in [9.17, 15) is 8.42 Å². The molecule has 0 unspecified atom stereocenters. The number of pyridine rings is 1. The van der Waals surface area contributed by atoms with Gasteiger partial charge in [-0.05, 0) is 105 Å². The number of sulfonamides is 1. The van der Waals surface area contributed by atoms with Crippen molar-refractivity contribution in [1.29, 1.82) is 0 Å². The van der Waals surface area contributed by atoms with Crippen molar-refractivity contribution in [3.05, 3.63) is 106 Å². The van der Waals surface area contributed by atoms with Gasteiger partial charge in [-0.3, -0.25) is 9.71 Å². The molecule has 4 aromatic rings. The summed E-state index contributed by atoms with van der Waals surface area (Å²) < 4.78 is 28.5. The van der Waals surface area contributed by atoms with Crippen LogP contribution in [0.1, 0.15) is 45.9 Å². The summed E-state index contributed by atoms with van der Waals surface area (Å²) in [4.78, 5) is 6.76. The highest BCUT2D eigenvalue weighted by molar-refractivity contribution is 7.92. The van der Waals surface area contributed by atoms with E-state index >= 15 is 0 Å². The molecule has 2 N–H and O–H groups in total. The van der Waals surface area contributed by atoms with Gasteiger partial charge in [0.25, 0.3) is 0 Å². The van der Waals surface area contributed by atoms with Crippen LogP contribution in [0.25, 0.3) is 5.69 Å². The Morgan fingerprint density at radius 3 is 2.44 bits per heavy atom. The average Bonchev–Trinajstić information content (AvgIpc) is 3.37. The first-order valence-corrected chi connectivity index (χ1v) is 15.2. The second-order valence-corrected chi connectivity index (χ2v) is 12.5. The standard InChI is InChI=1S/C29H30ClN5O2S2/c1-17-9-10-21(30)16-26(17)34-19(3)15-23(20(34)4)28-27(25-8-6-7-13-31-25)32-29(38)35(28)22-11-12-24(18(2)14-22)33-39(5,36)37/h6-16,27-28,33H,1-5H3,(H,32,38)/t27-,28+/m0/s1. The van der Waals surface area contributed by atoms with E-state index in [1.54, 1.807) is 12.3 Å². The lowest BCUT2D eigenvalue weighted by Crippen LogP contribution is -2.29. The van der Waals surface area contributed by atoms with Crippen molar-refractivity contribution in [2.45, 2.75) is 39.8 Å². The van der Waals surface area contributed by atoms with Crippen LogP contribution in [0.5, 0.6) is 0 Å². The van der Waals surface area contributed by atoms with Crippen LogP contribution >= 0.6 is 23.8 Å². The van der Waals surface area contributed by atoms with Crippen molar-refractivity contribution < 1.29 is 8.42 Å². The fourth-order valence-electron chi connectivity index (χ4n) is 5.34. The van der Waals surface area contributed by atoms with Gasteiger partial charge in [0, 0.05) is 34.0 Å². The molecule has 0 radical (unpaired) electrons. The zero-order chi connectivity index (χ0) is 28.1. The van der Waals surface area contributed by atoms with Crippen LogP contribution < -0.4 is 14.9 Å². The van der Waals surface area contributed by atoms with Gasteiger partial charge < -0.3 is 14.8 Å². The summed E-state index contributed by atoms with van der Waals surface area (Å²) in [6.07, 6.45) is 2.93. The molecule has 5 rings (SSSR count). The minimum Gasteiger partial charge on any atom is -0.351 e. The SMILES string of the molecule is Cc1cc(N2C(=S)N[C@@H](c3ccccn3)[C@H]2c2cc(C)n(-c3cc(Cl)ccc3C)c2C)ccc1NS(C)(=O)=O. The molecular weight excluding hydrogens is 550 g/mol. The van der Waals surface area contributed by atoms with Gasteiger partial charge in [0.2, 0.25) is 10.0 Å². The fraction of sp³-hybridized carbons (Fsp3) is 0.241. The first kappa shape index (κ1) is 27.2. The summed E-state index contributed by atoms with van der Waals surface area (Å²) >= 11 is 12.3. The van der Waals surface area contributed by atoms with Crippen LogP contribution in [0.15, 0.2) is 66.9 Å². The van der Waals surface area contributed by atoms with Gasteiger partial charge in [-0.25, -0.2) is 8.42 Å². The third-order valence-corrected chi connectivity index (χ3v) is 8.22. The summed E-state index contributed by atoms with van der Waals surface area (Å²) in [5, 5.41) is 4.76. The Labute approximate surface area is 239 Å². The molecule has 0 bridgehead atoms. The number of benzene rings is 2. The van der Waals surface area contributed by atoms with Gasteiger partial charge >= 0.3 is 0 Å². The first-order valence-electron chi connectivity index (χ1n) is 12.5. The van der Waals surface area contributed by atoms with E-state index in [2.05, 4.69) is 51.3 Å². The van der Waals surface area contributed by atoms with Gasteiger partial charge in [0.1, 0.15) is 0 Å². The molecule has 202 valence electrons. The van der Waals surface area contributed by atoms with Gasteiger partial charge in [0.15, 0.2) is 5.11 Å². The zero-order valence-corrected chi connectivity index (χ0v) is 24.7. The molecule has 0 saturated carbocycles. The highest BCUT2D eigenvalue weighted by Crippen LogP contribution is 2.44. The van der Waals surface area contributed by atoms with E-state index < -0.39 is 10.0 Å². The third-order valence-electron chi connectivity index (χ3n) is 7.08. The van der Waals surface area contributed by atoms with E-state index in [1.165, 1.54) is 0 Å². The van der Waals surface area contributed by atoms with Gasteiger partial charge in [-0.15, -0.1) is 0 Å². The van der Waals surface area contributed by atoms with Crippen LogP contribution in [-0.2, 0) is 10.0 Å². The summed E-state index contributed by atoms with van der Waals surface area (Å²) in [5.41, 5.74) is 8.47. The molecule has 0 amide bonds. The molecule has 2 aromatic carbocycles. The molecule has 1 aliphatic rings. The Morgan fingerprint density at radius 2 is 1.77 bits per heavy atom. The minimum absolute atomic E-state index is 0.206. The molecule has 1 aliphatic heterocycles. The minimum atomic E-state index is -3.40. The van der Waals surface area contributed by atoms with Crippen molar-refractivity contribution in [3.63, 3.8) is 0 Å². The Bertz CT molecular complexity index is 1690. The first-order chi connectivity index (χ1) is 18.4. The molecule has 0 spiro atoms. The lowest BCUT2D eigenvalue weighted by atomic mass is 9.96. The highest BCUT2D eigenvalue weighted by Gasteiger charge is 2.42. The second-order valence-electron chi connectivity index (χ2n) is 9.96. The van der Waals surface area contributed by atoms with Crippen molar-refractivity contribution >= 4 is 50.3 Å². The smallest absolute Gasteiger partial charge is 0.229 e.